The summed E-state index contributed by atoms with van der Waals surface area (Å²) in [6.45, 7) is 10.8. The number of amides is 1. The summed E-state index contributed by atoms with van der Waals surface area (Å²) in [5.41, 5.74) is 7.63. The van der Waals surface area contributed by atoms with Gasteiger partial charge in [-0.15, -0.1) is 0 Å². The van der Waals surface area contributed by atoms with Crippen LogP contribution in [0, 0.1) is 11.3 Å². The van der Waals surface area contributed by atoms with E-state index in [1.54, 1.807) is 0 Å². The molecule has 1 aromatic rings. The average Bonchev–Trinajstić information content (AvgIpc) is 2.89. The van der Waals surface area contributed by atoms with E-state index in [1.165, 1.54) is 5.56 Å². The van der Waals surface area contributed by atoms with Crippen LogP contribution in [0.5, 0.6) is 0 Å². The van der Waals surface area contributed by atoms with Crippen molar-refractivity contribution in [2.45, 2.75) is 46.1 Å². The van der Waals surface area contributed by atoms with Gasteiger partial charge in [-0.3, -0.25) is 5.32 Å². The number of benzene rings is 1. The standard InChI is InChI=1S/C17H26N2O2/c1-16(2,3)21-15(20)19-12-8-6-11(7-9-12)14-13(10-18)17(14,4)5/h6-9,13-14H,10,18H2,1-5H3,(H,19,20)/t13-,14-/m1/s1. The molecule has 4 heteroatoms. The fraction of sp³-hybridized carbons (Fsp3) is 0.588. The topological polar surface area (TPSA) is 64.3 Å². The maximum atomic E-state index is 11.7. The van der Waals surface area contributed by atoms with E-state index in [1.807, 2.05) is 32.9 Å². The number of nitrogens with one attached hydrogen (secondary N) is 1. The number of anilines is 1. The van der Waals surface area contributed by atoms with E-state index in [2.05, 4.69) is 31.3 Å². The van der Waals surface area contributed by atoms with Gasteiger partial charge < -0.3 is 10.5 Å². The molecule has 0 aromatic heterocycles. The van der Waals surface area contributed by atoms with E-state index in [9.17, 15) is 4.79 Å². The first-order chi connectivity index (χ1) is 9.65. The molecule has 0 radical (unpaired) electrons. The van der Waals surface area contributed by atoms with Gasteiger partial charge in [-0.25, -0.2) is 4.79 Å². The van der Waals surface area contributed by atoms with E-state index in [4.69, 9.17) is 10.5 Å². The Morgan fingerprint density at radius 1 is 1.29 bits per heavy atom. The SMILES string of the molecule is CC(C)(C)OC(=O)Nc1ccc([C@@H]2[C@@H](CN)C2(C)C)cc1. The molecule has 0 saturated heterocycles. The zero-order valence-corrected chi connectivity index (χ0v) is 13.6. The predicted molar refractivity (Wildman–Crippen MR) is 85.4 cm³/mol. The van der Waals surface area contributed by atoms with Crippen molar-refractivity contribution in [3.05, 3.63) is 29.8 Å². The van der Waals surface area contributed by atoms with Crippen molar-refractivity contribution in [1.82, 2.24) is 0 Å². The summed E-state index contributed by atoms with van der Waals surface area (Å²) in [6, 6.07) is 7.96. The Hall–Kier alpha value is -1.55. The lowest BCUT2D eigenvalue weighted by Crippen LogP contribution is -2.27. The van der Waals surface area contributed by atoms with Crippen LogP contribution < -0.4 is 11.1 Å². The maximum Gasteiger partial charge on any atom is 0.412 e. The van der Waals surface area contributed by atoms with Gasteiger partial charge in [0.05, 0.1) is 0 Å². The molecule has 4 nitrogen and oxygen atoms in total. The van der Waals surface area contributed by atoms with Gasteiger partial charge >= 0.3 is 6.09 Å². The fourth-order valence-electron chi connectivity index (χ4n) is 3.04. The second-order valence-corrected chi connectivity index (χ2v) is 7.39. The van der Waals surface area contributed by atoms with Gasteiger partial charge in [-0.05, 0) is 62.3 Å². The number of hydrogen-bond acceptors (Lipinski definition) is 3. The molecule has 0 bridgehead atoms. The molecule has 2 rings (SSSR count). The van der Waals surface area contributed by atoms with Gasteiger partial charge in [0.1, 0.15) is 5.60 Å². The van der Waals surface area contributed by atoms with Crippen LogP contribution in [0.25, 0.3) is 0 Å². The lowest BCUT2D eigenvalue weighted by atomic mass is 10.0. The van der Waals surface area contributed by atoms with Gasteiger partial charge in [-0.1, -0.05) is 26.0 Å². The first-order valence-corrected chi connectivity index (χ1v) is 7.45. The van der Waals surface area contributed by atoms with Gasteiger partial charge in [0.25, 0.3) is 0 Å². The molecule has 116 valence electrons. The Labute approximate surface area is 127 Å². The van der Waals surface area contributed by atoms with E-state index < -0.39 is 11.7 Å². The van der Waals surface area contributed by atoms with E-state index in [0.29, 0.717) is 11.8 Å². The Morgan fingerprint density at radius 2 is 1.86 bits per heavy atom. The van der Waals surface area contributed by atoms with Crippen LogP contribution >= 0.6 is 0 Å². The normalized spacial score (nSPS) is 23.5. The van der Waals surface area contributed by atoms with Crippen molar-refractivity contribution in [1.29, 1.82) is 0 Å². The molecule has 3 N–H and O–H groups in total. The van der Waals surface area contributed by atoms with Crippen LogP contribution in [-0.4, -0.2) is 18.2 Å². The quantitative estimate of drug-likeness (QED) is 0.891. The summed E-state index contributed by atoms with van der Waals surface area (Å²) in [6.07, 6.45) is -0.429. The Balaban J connectivity index is 1.99. The van der Waals surface area contributed by atoms with E-state index in [-0.39, 0.29) is 5.41 Å². The highest BCUT2D eigenvalue weighted by atomic mass is 16.6. The van der Waals surface area contributed by atoms with Crippen LogP contribution in [0.2, 0.25) is 0 Å². The molecule has 1 amide bonds. The van der Waals surface area contributed by atoms with Crippen LogP contribution in [0.1, 0.15) is 46.1 Å². The predicted octanol–water partition coefficient (Wildman–Crippen LogP) is 3.73. The van der Waals surface area contributed by atoms with Crippen molar-refractivity contribution < 1.29 is 9.53 Å². The summed E-state index contributed by atoms with van der Waals surface area (Å²) in [7, 11) is 0. The van der Waals surface area contributed by atoms with Gasteiger partial charge in [0.15, 0.2) is 0 Å². The zero-order chi connectivity index (χ0) is 15.8. The van der Waals surface area contributed by atoms with Crippen LogP contribution in [0.3, 0.4) is 0 Å². The minimum absolute atomic E-state index is 0.273. The largest absolute Gasteiger partial charge is 0.444 e. The third-order valence-electron chi connectivity index (χ3n) is 4.22. The van der Waals surface area contributed by atoms with E-state index >= 15 is 0 Å². The van der Waals surface area contributed by atoms with Crippen molar-refractivity contribution in [2.75, 3.05) is 11.9 Å². The molecule has 1 aliphatic rings. The molecule has 1 aliphatic carbocycles. The fourth-order valence-corrected chi connectivity index (χ4v) is 3.04. The van der Waals surface area contributed by atoms with Gasteiger partial charge in [-0.2, -0.15) is 0 Å². The molecule has 0 unspecified atom stereocenters. The summed E-state index contributed by atoms with van der Waals surface area (Å²) in [5, 5.41) is 2.75. The molecular formula is C17H26N2O2. The van der Waals surface area contributed by atoms with Crippen molar-refractivity contribution in [3.8, 4) is 0 Å². The summed E-state index contributed by atoms with van der Waals surface area (Å²) < 4.78 is 5.23. The van der Waals surface area contributed by atoms with E-state index in [0.717, 1.165) is 12.2 Å². The monoisotopic (exact) mass is 290 g/mol. The van der Waals surface area contributed by atoms with Gasteiger partial charge in [0, 0.05) is 5.69 Å². The van der Waals surface area contributed by atoms with Crippen molar-refractivity contribution in [2.24, 2.45) is 17.1 Å². The Bertz CT molecular complexity index is 515. The molecular weight excluding hydrogens is 264 g/mol. The van der Waals surface area contributed by atoms with Crippen LogP contribution in [0.4, 0.5) is 10.5 Å². The smallest absolute Gasteiger partial charge is 0.412 e. The Kier molecular flexibility index (Phi) is 4.02. The summed E-state index contributed by atoms with van der Waals surface area (Å²) >= 11 is 0. The number of carbonyl (C=O) groups is 1. The minimum atomic E-state index is -0.490. The number of nitrogens with two attached hydrogens (primary N) is 1. The minimum Gasteiger partial charge on any atom is -0.444 e. The number of rotatable bonds is 3. The first kappa shape index (κ1) is 15.8. The highest BCUT2D eigenvalue weighted by molar-refractivity contribution is 5.84. The molecule has 2 atom stereocenters. The number of ether oxygens (including phenoxy) is 1. The molecule has 1 aromatic carbocycles. The second kappa shape index (κ2) is 5.34. The molecule has 0 heterocycles. The molecule has 0 spiro atoms. The number of hydrogen-bond donors (Lipinski definition) is 2. The van der Waals surface area contributed by atoms with Crippen molar-refractivity contribution >= 4 is 11.8 Å². The second-order valence-electron chi connectivity index (χ2n) is 7.39. The third-order valence-corrected chi connectivity index (χ3v) is 4.22. The summed E-state index contributed by atoms with van der Waals surface area (Å²) in [4.78, 5) is 11.7. The molecule has 0 aliphatic heterocycles. The summed E-state index contributed by atoms with van der Waals surface area (Å²) in [5.74, 6) is 1.06. The number of carbonyl (C=O) groups excluding carboxylic acids is 1. The highest BCUT2D eigenvalue weighted by Crippen LogP contribution is 2.63. The lowest BCUT2D eigenvalue weighted by Gasteiger charge is -2.19. The van der Waals surface area contributed by atoms with Crippen molar-refractivity contribution in [3.63, 3.8) is 0 Å². The van der Waals surface area contributed by atoms with Crippen LogP contribution in [0.15, 0.2) is 24.3 Å². The maximum absolute atomic E-state index is 11.7. The Morgan fingerprint density at radius 3 is 2.29 bits per heavy atom. The zero-order valence-electron chi connectivity index (χ0n) is 13.6. The first-order valence-electron chi connectivity index (χ1n) is 7.45. The average molecular weight is 290 g/mol. The lowest BCUT2D eigenvalue weighted by molar-refractivity contribution is 0.0636. The highest BCUT2D eigenvalue weighted by Gasteiger charge is 2.57. The van der Waals surface area contributed by atoms with Gasteiger partial charge in [0.2, 0.25) is 0 Å². The molecule has 21 heavy (non-hydrogen) atoms. The molecule has 1 fully saturated rings. The molecule has 1 saturated carbocycles. The third kappa shape index (κ3) is 3.56. The van der Waals surface area contributed by atoms with Crippen LogP contribution in [-0.2, 0) is 4.74 Å².